The molecule has 0 N–H and O–H groups in total. The van der Waals surface area contributed by atoms with Crippen molar-refractivity contribution < 1.29 is 14.3 Å². The van der Waals surface area contributed by atoms with Crippen LogP contribution >= 0.6 is 0 Å². The fraction of sp³-hybridized carbons (Fsp3) is 0.267. The second kappa shape index (κ2) is 6.05. The van der Waals surface area contributed by atoms with Crippen molar-refractivity contribution in [3.05, 3.63) is 47.6 Å². The van der Waals surface area contributed by atoms with Crippen molar-refractivity contribution in [2.24, 2.45) is 0 Å². The molecule has 0 bridgehead atoms. The first-order valence-electron chi connectivity index (χ1n) is 6.05. The third-order valence-electron chi connectivity index (χ3n) is 2.61. The Morgan fingerprint density at radius 2 is 2.22 bits per heavy atom. The zero-order chi connectivity index (χ0) is 12.8. The Balaban J connectivity index is 2.00. The van der Waals surface area contributed by atoms with E-state index >= 15 is 0 Å². The second-order valence-electron chi connectivity index (χ2n) is 3.97. The van der Waals surface area contributed by atoms with Crippen LogP contribution in [0.2, 0.25) is 0 Å². The van der Waals surface area contributed by atoms with Crippen LogP contribution in [0, 0.1) is 0 Å². The molecule has 3 heteroatoms. The number of ether oxygens (including phenoxy) is 2. The summed E-state index contributed by atoms with van der Waals surface area (Å²) in [6.07, 6.45) is 6.58. The zero-order valence-electron chi connectivity index (χ0n) is 10.4. The fourth-order valence-electron chi connectivity index (χ4n) is 1.69. The van der Waals surface area contributed by atoms with E-state index in [1.165, 1.54) is 0 Å². The lowest BCUT2D eigenvalue weighted by molar-refractivity contribution is -0.138. The molecule has 3 nitrogen and oxygen atoms in total. The number of carbonyl (C=O) groups is 1. The summed E-state index contributed by atoms with van der Waals surface area (Å²) in [6, 6.07) is 7.62. The van der Waals surface area contributed by atoms with Crippen LogP contribution in [0.1, 0.15) is 18.9 Å². The van der Waals surface area contributed by atoms with Crippen molar-refractivity contribution in [2.75, 3.05) is 13.2 Å². The van der Waals surface area contributed by atoms with E-state index in [9.17, 15) is 4.79 Å². The minimum Gasteiger partial charge on any atom is -0.488 e. The number of para-hydroxylation sites is 1. The molecule has 1 aromatic carbocycles. The molecule has 0 atom stereocenters. The number of benzene rings is 1. The number of allylic oxidation sites excluding steroid dienone is 1. The molecule has 0 aromatic heterocycles. The van der Waals surface area contributed by atoms with Crippen LogP contribution in [0.5, 0.6) is 5.75 Å². The van der Waals surface area contributed by atoms with E-state index in [0.717, 1.165) is 17.7 Å². The van der Waals surface area contributed by atoms with E-state index in [-0.39, 0.29) is 12.6 Å². The van der Waals surface area contributed by atoms with Crippen molar-refractivity contribution in [2.45, 2.75) is 13.3 Å². The third kappa shape index (κ3) is 3.00. The lowest BCUT2D eigenvalue weighted by atomic mass is 10.1. The van der Waals surface area contributed by atoms with Crippen LogP contribution in [-0.2, 0) is 9.53 Å². The summed E-state index contributed by atoms with van der Waals surface area (Å²) in [7, 11) is 0. The summed E-state index contributed by atoms with van der Waals surface area (Å²) >= 11 is 0. The van der Waals surface area contributed by atoms with Gasteiger partial charge in [0.25, 0.3) is 0 Å². The van der Waals surface area contributed by atoms with E-state index < -0.39 is 0 Å². The number of hydrogen-bond donors (Lipinski definition) is 0. The van der Waals surface area contributed by atoms with Crippen LogP contribution in [-0.4, -0.2) is 19.2 Å². The molecule has 0 amide bonds. The molecule has 0 saturated heterocycles. The predicted molar refractivity (Wildman–Crippen MR) is 70.3 cm³/mol. The Hall–Kier alpha value is -2.03. The van der Waals surface area contributed by atoms with Crippen LogP contribution in [0.15, 0.2) is 42.0 Å². The quantitative estimate of drug-likeness (QED) is 0.603. The lowest BCUT2D eigenvalue weighted by Gasteiger charge is -2.16. The summed E-state index contributed by atoms with van der Waals surface area (Å²) in [5.74, 6) is 0.491. The van der Waals surface area contributed by atoms with Gasteiger partial charge in [-0.3, -0.25) is 0 Å². The van der Waals surface area contributed by atoms with Crippen LogP contribution in [0.25, 0.3) is 6.08 Å². The molecule has 1 aromatic rings. The van der Waals surface area contributed by atoms with Gasteiger partial charge in [0.05, 0.1) is 5.57 Å². The fourth-order valence-corrected chi connectivity index (χ4v) is 1.69. The molecule has 1 heterocycles. The third-order valence-corrected chi connectivity index (χ3v) is 2.61. The molecule has 0 aliphatic carbocycles. The minimum atomic E-state index is -0.315. The molecular formula is C15H16O3. The van der Waals surface area contributed by atoms with E-state index in [1.54, 1.807) is 0 Å². The second-order valence-corrected chi connectivity index (χ2v) is 3.97. The minimum absolute atomic E-state index is 0.271. The number of hydrogen-bond acceptors (Lipinski definition) is 3. The molecule has 0 spiro atoms. The zero-order valence-corrected chi connectivity index (χ0v) is 10.4. The summed E-state index contributed by atoms with van der Waals surface area (Å²) < 4.78 is 10.6. The first-order chi connectivity index (χ1) is 8.81. The highest BCUT2D eigenvalue weighted by molar-refractivity contribution is 5.95. The monoisotopic (exact) mass is 244 g/mol. The number of fused-ring (bicyclic) bond motifs is 1. The number of esters is 1. The molecular weight excluding hydrogens is 228 g/mol. The van der Waals surface area contributed by atoms with Gasteiger partial charge in [-0.15, -0.1) is 0 Å². The van der Waals surface area contributed by atoms with Gasteiger partial charge in [-0.2, -0.15) is 0 Å². The first-order valence-corrected chi connectivity index (χ1v) is 6.05. The SMILES string of the molecule is CC/C=C/COC(=O)C1=Cc2ccccc2OC1. The molecule has 2 rings (SSSR count). The first kappa shape index (κ1) is 12.4. The van der Waals surface area contributed by atoms with Gasteiger partial charge < -0.3 is 9.47 Å². The maximum atomic E-state index is 11.8. The van der Waals surface area contributed by atoms with Gasteiger partial charge in [0.2, 0.25) is 0 Å². The van der Waals surface area contributed by atoms with Crippen LogP contribution < -0.4 is 4.74 Å². The van der Waals surface area contributed by atoms with Gasteiger partial charge >= 0.3 is 5.97 Å². The maximum Gasteiger partial charge on any atom is 0.337 e. The van der Waals surface area contributed by atoms with Crippen molar-refractivity contribution >= 4 is 12.0 Å². The molecule has 0 fully saturated rings. The van der Waals surface area contributed by atoms with Gasteiger partial charge in [0.15, 0.2) is 0 Å². The predicted octanol–water partition coefficient (Wildman–Crippen LogP) is 2.97. The summed E-state index contributed by atoms with van der Waals surface area (Å²) in [5, 5.41) is 0. The normalized spacial score (nSPS) is 13.7. The van der Waals surface area contributed by atoms with Crippen LogP contribution in [0.4, 0.5) is 0 Å². The standard InChI is InChI=1S/C15H16O3/c1-2-3-6-9-17-15(16)13-10-12-7-4-5-8-14(12)18-11-13/h3-8,10H,2,9,11H2,1H3/b6-3+. The van der Waals surface area contributed by atoms with Gasteiger partial charge in [-0.25, -0.2) is 4.79 Å². The van der Waals surface area contributed by atoms with Gasteiger partial charge in [0.1, 0.15) is 19.0 Å². The Morgan fingerprint density at radius 1 is 1.39 bits per heavy atom. The van der Waals surface area contributed by atoms with Crippen LogP contribution in [0.3, 0.4) is 0 Å². The van der Waals surface area contributed by atoms with E-state index in [0.29, 0.717) is 12.2 Å². The number of rotatable bonds is 4. The van der Waals surface area contributed by atoms with Crippen molar-refractivity contribution in [3.63, 3.8) is 0 Å². The Labute approximate surface area is 107 Å². The molecule has 1 aliphatic rings. The molecule has 0 radical (unpaired) electrons. The summed E-state index contributed by atoms with van der Waals surface area (Å²) in [6.45, 7) is 2.62. The Bertz CT molecular complexity index is 486. The lowest BCUT2D eigenvalue weighted by Crippen LogP contribution is -2.17. The largest absolute Gasteiger partial charge is 0.488 e. The molecule has 0 saturated carbocycles. The van der Waals surface area contributed by atoms with Gasteiger partial charge in [-0.1, -0.05) is 37.3 Å². The van der Waals surface area contributed by atoms with Crippen molar-refractivity contribution in [3.8, 4) is 5.75 Å². The average Bonchev–Trinajstić information content (AvgIpc) is 2.43. The molecule has 0 unspecified atom stereocenters. The highest BCUT2D eigenvalue weighted by Gasteiger charge is 2.17. The van der Waals surface area contributed by atoms with Gasteiger partial charge in [-0.05, 0) is 18.6 Å². The molecule has 94 valence electrons. The highest BCUT2D eigenvalue weighted by atomic mass is 16.5. The Morgan fingerprint density at radius 3 is 3.06 bits per heavy atom. The summed E-state index contributed by atoms with van der Waals surface area (Å²) in [4.78, 5) is 11.8. The number of carbonyl (C=O) groups excluding carboxylic acids is 1. The van der Waals surface area contributed by atoms with E-state index in [1.807, 2.05) is 49.4 Å². The van der Waals surface area contributed by atoms with Crippen molar-refractivity contribution in [1.82, 2.24) is 0 Å². The molecule has 18 heavy (non-hydrogen) atoms. The maximum absolute atomic E-state index is 11.8. The van der Waals surface area contributed by atoms with Gasteiger partial charge in [0, 0.05) is 5.56 Å². The topological polar surface area (TPSA) is 35.5 Å². The van der Waals surface area contributed by atoms with E-state index in [4.69, 9.17) is 9.47 Å². The van der Waals surface area contributed by atoms with E-state index in [2.05, 4.69) is 0 Å². The smallest absolute Gasteiger partial charge is 0.337 e. The average molecular weight is 244 g/mol. The molecule has 1 aliphatic heterocycles. The van der Waals surface area contributed by atoms with Crippen molar-refractivity contribution in [1.29, 1.82) is 0 Å². The highest BCUT2D eigenvalue weighted by Crippen LogP contribution is 2.25. The Kier molecular flexibility index (Phi) is 4.18. The summed E-state index contributed by atoms with van der Waals surface area (Å²) in [5.41, 5.74) is 1.47.